The number of rotatable bonds is 1. The van der Waals surface area contributed by atoms with E-state index >= 15 is 0 Å². The highest BCUT2D eigenvalue weighted by molar-refractivity contribution is 8.57. The maximum atomic E-state index is 11.3. The molecular formula is C6H7O2PS. The third-order valence-electron chi connectivity index (χ3n) is 1.12. The summed E-state index contributed by atoms with van der Waals surface area (Å²) >= 11 is 1.20. The van der Waals surface area contributed by atoms with Gasteiger partial charge in [0.25, 0.3) is 6.57 Å². The topological polar surface area (TPSA) is 26.3 Å². The molecule has 0 saturated heterocycles. The van der Waals surface area contributed by atoms with E-state index in [1.807, 2.05) is 0 Å². The van der Waals surface area contributed by atoms with Crippen molar-refractivity contribution in [3.05, 3.63) is 11.9 Å². The first-order chi connectivity index (χ1) is 4.70. The van der Waals surface area contributed by atoms with E-state index in [0.29, 0.717) is 0 Å². The van der Waals surface area contributed by atoms with E-state index in [4.69, 9.17) is 10.9 Å². The van der Waals surface area contributed by atoms with Crippen molar-refractivity contribution in [2.45, 2.75) is 6.10 Å². The minimum atomic E-state index is -2.53. The summed E-state index contributed by atoms with van der Waals surface area (Å²) in [5.41, 5.74) is 0. The lowest BCUT2D eigenvalue weighted by Crippen LogP contribution is -1.95. The summed E-state index contributed by atoms with van der Waals surface area (Å²) in [6.45, 7) is -2.53. The summed E-state index contributed by atoms with van der Waals surface area (Å²) in [4.78, 5) is 0. The fraction of sp³-hybridized carbons (Fsp3) is 0.333. The van der Waals surface area contributed by atoms with Crippen LogP contribution in [0.5, 0.6) is 0 Å². The monoisotopic (exact) mass is 174 g/mol. The molecule has 0 spiro atoms. The molecular weight excluding hydrogens is 167 g/mol. The molecule has 54 valence electrons. The molecule has 0 saturated carbocycles. The largest absolute Gasteiger partial charge is 0.297 e. The van der Waals surface area contributed by atoms with Gasteiger partial charge in [-0.2, -0.15) is 0 Å². The van der Waals surface area contributed by atoms with Crippen molar-refractivity contribution < 1.29 is 9.09 Å². The standard InChI is InChI=1S/C6H7O2PS/c1-3-6-4-5-9(7,8-6)10-2/h1,4-6H,2H3. The van der Waals surface area contributed by atoms with Gasteiger partial charge in [0, 0.05) is 5.82 Å². The van der Waals surface area contributed by atoms with Crippen LogP contribution >= 0.6 is 18.0 Å². The van der Waals surface area contributed by atoms with Gasteiger partial charge in [-0.3, -0.25) is 9.09 Å². The van der Waals surface area contributed by atoms with Gasteiger partial charge in [0.15, 0.2) is 0 Å². The van der Waals surface area contributed by atoms with Crippen LogP contribution in [0, 0.1) is 12.3 Å². The Hall–Kier alpha value is -0.160. The summed E-state index contributed by atoms with van der Waals surface area (Å²) in [7, 11) is 0. The summed E-state index contributed by atoms with van der Waals surface area (Å²) < 4.78 is 16.3. The lowest BCUT2D eigenvalue weighted by Gasteiger charge is -2.06. The van der Waals surface area contributed by atoms with Crippen molar-refractivity contribution in [1.82, 2.24) is 0 Å². The molecule has 2 atom stereocenters. The van der Waals surface area contributed by atoms with Crippen LogP contribution < -0.4 is 0 Å². The van der Waals surface area contributed by atoms with E-state index in [1.54, 1.807) is 18.1 Å². The van der Waals surface area contributed by atoms with E-state index in [0.717, 1.165) is 0 Å². The maximum Gasteiger partial charge on any atom is 0.281 e. The Kier molecular flexibility index (Phi) is 2.25. The molecule has 0 aromatic heterocycles. The van der Waals surface area contributed by atoms with Crippen molar-refractivity contribution in [3.63, 3.8) is 0 Å². The first-order valence-corrected chi connectivity index (χ1v) is 6.22. The number of hydrogen-bond donors (Lipinski definition) is 0. The van der Waals surface area contributed by atoms with Crippen molar-refractivity contribution >= 4 is 18.0 Å². The van der Waals surface area contributed by atoms with Gasteiger partial charge in [0.1, 0.15) is 6.10 Å². The molecule has 2 unspecified atom stereocenters. The van der Waals surface area contributed by atoms with Gasteiger partial charge in [-0.05, 0) is 12.3 Å². The van der Waals surface area contributed by atoms with Crippen LogP contribution in [-0.2, 0) is 9.09 Å². The molecule has 2 nitrogen and oxygen atoms in total. The molecule has 0 bridgehead atoms. The fourth-order valence-corrected chi connectivity index (χ4v) is 2.81. The predicted molar refractivity (Wildman–Crippen MR) is 44.0 cm³/mol. The molecule has 0 amide bonds. The number of terminal acetylenes is 1. The first-order valence-electron chi connectivity index (χ1n) is 2.69. The fourth-order valence-electron chi connectivity index (χ4n) is 0.602. The zero-order chi connectivity index (χ0) is 7.61. The molecule has 0 N–H and O–H groups in total. The van der Waals surface area contributed by atoms with E-state index in [1.165, 1.54) is 11.4 Å². The minimum Gasteiger partial charge on any atom is -0.297 e. The molecule has 1 aliphatic heterocycles. The molecule has 1 aliphatic rings. The lowest BCUT2D eigenvalue weighted by atomic mass is 10.4. The van der Waals surface area contributed by atoms with E-state index in [9.17, 15) is 4.57 Å². The number of hydrogen-bond acceptors (Lipinski definition) is 3. The van der Waals surface area contributed by atoms with Crippen LogP contribution in [-0.4, -0.2) is 12.4 Å². The van der Waals surface area contributed by atoms with Gasteiger partial charge in [0.2, 0.25) is 0 Å². The third-order valence-corrected chi connectivity index (χ3v) is 4.84. The molecule has 0 fully saturated rings. The van der Waals surface area contributed by atoms with Crippen molar-refractivity contribution in [2.75, 3.05) is 6.26 Å². The average Bonchev–Trinajstić information content (AvgIpc) is 2.33. The van der Waals surface area contributed by atoms with E-state index in [-0.39, 0.29) is 0 Å². The predicted octanol–water partition coefficient (Wildman–Crippen LogP) is 2.09. The minimum absolute atomic E-state index is 0.390. The van der Waals surface area contributed by atoms with Crippen molar-refractivity contribution in [1.29, 1.82) is 0 Å². The smallest absolute Gasteiger partial charge is 0.281 e. The molecule has 0 radical (unpaired) electrons. The molecule has 4 heteroatoms. The van der Waals surface area contributed by atoms with Gasteiger partial charge >= 0.3 is 0 Å². The molecule has 0 aliphatic carbocycles. The summed E-state index contributed by atoms with van der Waals surface area (Å²) in [5, 5.41) is 0. The molecule has 0 aromatic rings. The Labute approximate surface area is 64.2 Å². The van der Waals surface area contributed by atoms with Crippen LogP contribution in [0.15, 0.2) is 11.9 Å². The third kappa shape index (κ3) is 1.46. The summed E-state index contributed by atoms with van der Waals surface area (Å²) in [6.07, 6.45) is 8.05. The van der Waals surface area contributed by atoms with Crippen LogP contribution in [0.4, 0.5) is 0 Å². The average molecular weight is 174 g/mol. The highest BCUT2D eigenvalue weighted by atomic mass is 32.7. The van der Waals surface area contributed by atoms with Crippen LogP contribution in [0.2, 0.25) is 0 Å². The first kappa shape index (κ1) is 7.94. The molecule has 10 heavy (non-hydrogen) atoms. The maximum absolute atomic E-state index is 11.3. The summed E-state index contributed by atoms with van der Waals surface area (Å²) in [5.74, 6) is 3.92. The highest BCUT2D eigenvalue weighted by Gasteiger charge is 2.27. The normalized spacial score (nSPS) is 37.8. The van der Waals surface area contributed by atoms with E-state index in [2.05, 4.69) is 5.92 Å². The van der Waals surface area contributed by atoms with Gasteiger partial charge in [-0.15, -0.1) is 6.42 Å². The molecule has 0 aromatic carbocycles. The molecule has 1 heterocycles. The summed E-state index contributed by atoms with van der Waals surface area (Å²) in [6, 6.07) is 0. The Balaban J connectivity index is 2.71. The van der Waals surface area contributed by atoms with Gasteiger partial charge in [-0.25, -0.2) is 0 Å². The van der Waals surface area contributed by atoms with Crippen LogP contribution in [0.3, 0.4) is 0 Å². The Morgan fingerprint density at radius 3 is 2.90 bits per heavy atom. The second-order valence-corrected chi connectivity index (χ2v) is 6.33. The highest BCUT2D eigenvalue weighted by Crippen LogP contribution is 2.63. The van der Waals surface area contributed by atoms with Crippen LogP contribution in [0.25, 0.3) is 0 Å². The van der Waals surface area contributed by atoms with Gasteiger partial charge < -0.3 is 0 Å². The Morgan fingerprint density at radius 2 is 2.60 bits per heavy atom. The Morgan fingerprint density at radius 1 is 1.90 bits per heavy atom. The lowest BCUT2D eigenvalue weighted by molar-refractivity contribution is 0.330. The van der Waals surface area contributed by atoms with Crippen molar-refractivity contribution in [2.24, 2.45) is 0 Å². The van der Waals surface area contributed by atoms with Crippen LogP contribution in [0.1, 0.15) is 0 Å². The van der Waals surface area contributed by atoms with Crippen molar-refractivity contribution in [3.8, 4) is 12.3 Å². The van der Waals surface area contributed by atoms with Gasteiger partial charge in [-0.1, -0.05) is 17.3 Å². The zero-order valence-corrected chi connectivity index (χ0v) is 7.19. The quantitative estimate of drug-likeness (QED) is 0.449. The second-order valence-electron chi connectivity index (χ2n) is 1.76. The van der Waals surface area contributed by atoms with E-state index < -0.39 is 12.7 Å². The zero-order valence-electron chi connectivity index (χ0n) is 5.48. The Bertz CT molecular complexity index is 241. The molecule has 1 rings (SSSR count). The SMILES string of the molecule is C#CC1C=CP(=O)(SC)O1. The second kappa shape index (κ2) is 2.84. The van der Waals surface area contributed by atoms with Gasteiger partial charge in [0.05, 0.1) is 0 Å².